The Labute approximate surface area is 76.3 Å². The normalized spacial score (nSPS) is 20.9. The molecule has 1 aliphatic rings. The summed E-state index contributed by atoms with van der Waals surface area (Å²) in [5.41, 5.74) is 0. The lowest BCUT2D eigenvalue weighted by Crippen LogP contribution is -2.11. The fourth-order valence-corrected chi connectivity index (χ4v) is 3.96. The Morgan fingerprint density at radius 1 is 1.25 bits per heavy atom. The zero-order valence-corrected chi connectivity index (χ0v) is 9.28. The van der Waals surface area contributed by atoms with Gasteiger partial charge in [0.2, 0.25) is 0 Å². The zero-order chi connectivity index (χ0) is 9.03. The lowest BCUT2D eigenvalue weighted by atomic mass is 10.1. The molecule has 1 fully saturated rings. The molecule has 0 aromatic carbocycles. The van der Waals surface area contributed by atoms with E-state index >= 15 is 0 Å². The van der Waals surface area contributed by atoms with Gasteiger partial charge in [-0.25, -0.2) is 0 Å². The van der Waals surface area contributed by atoms with Gasteiger partial charge >= 0.3 is 0 Å². The minimum absolute atomic E-state index is 0.812. The summed E-state index contributed by atoms with van der Waals surface area (Å²) >= 11 is 0. The van der Waals surface area contributed by atoms with Crippen LogP contribution in [0.2, 0.25) is 0 Å². The largest absolute Gasteiger partial charge is 0.324 e. The molecule has 1 rings (SSSR count). The van der Waals surface area contributed by atoms with Crippen LogP contribution in [0.15, 0.2) is 0 Å². The van der Waals surface area contributed by atoms with Crippen molar-refractivity contribution in [2.75, 3.05) is 18.5 Å². The first kappa shape index (κ1) is 10.3. The average molecular weight is 188 g/mol. The molecule has 0 aromatic heterocycles. The second-order valence-electron chi connectivity index (χ2n) is 4.47. The fraction of sp³-hybridized carbons (Fsp3) is 1.00. The number of hydrogen-bond acceptors (Lipinski definition) is 1. The monoisotopic (exact) mass is 188 g/mol. The van der Waals surface area contributed by atoms with Gasteiger partial charge in [0, 0.05) is 18.5 Å². The van der Waals surface area contributed by atoms with Gasteiger partial charge in [0.05, 0.1) is 7.14 Å². The van der Waals surface area contributed by atoms with Crippen LogP contribution in [0.25, 0.3) is 0 Å². The van der Waals surface area contributed by atoms with E-state index in [0.29, 0.717) is 0 Å². The fourth-order valence-electron chi connectivity index (χ4n) is 1.69. The van der Waals surface area contributed by atoms with Gasteiger partial charge in [-0.05, 0) is 18.8 Å². The second-order valence-corrected chi connectivity index (χ2v) is 7.93. The van der Waals surface area contributed by atoms with Crippen molar-refractivity contribution >= 4 is 7.14 Å². The molecule has 0 atom stereocenters. The van der Waals surface area contributed by atoms with Crippen molar-refractivity contribution in [3.63, 3.8) is 0 Å². The van der Waals surface area contributed by atoms with Gasteiger partial charge < -0.3 is 4.57 Å². The SMILES string of the molecule is CC(C)CCCCP1(=O)CCC1. The highest BCUT2D eigenvalue weighted by molar-refractivity contribution is 7.65. The molecule has 2 heteroatoms. The summed E-state index contributed by atoms with van der Waals surface area (Å²) in [6, 6.07) is 0. The molecule has 0 aromatic rings. The van der Waals surface area contributed by atoms with Crippen LogP contribution in [0.3, 0.4) is 0 Å². The topological polar surface area (TPSA) is 17.1 Å². The number of unbranched alkanes of at least 4 members (excludes halogenated alkanes) is 1. The van der Waals surface area contributed by atoms with E-state index in [1.165, 1.54) is 25.7 Å². The van der Waals surface area contributed by atoms with Crippen LogP contribution >= 0.6 is 7.14 Å². The molecular weight excluding hydrogens is 167 g/mol. The first-order chi connectivity index (χ1) is 5.62. The highest BCUT2D eigenvalue weighted by Gasteiger charge is 2.28. The second kappa shape index (κ2) is 4.46. The van der Waals surface area contributed by atoms with Crippen molar-refractivity contribution in [1.82, 2.24) is 0 Å². The van der Waals surface area contributed by atoms with E-state index in [9.17, 15) is 4.57 Å². The molecule has 1 heterocycles. The van der Waals surface area contributed by atoms with Crippen molar-refractivity contribution < 1.29 is 4.57 Å². The molecule has 12 heavy (non-hydrogen) atoms. The minimum atomic E-state index is -1.55. The van der Waals surface area contributed by atoms with Gasteiger partial charge in [-0.3, -0.25) is 0 Å². The minimum Gasteiger partial charge on any atom is -0.324 e. The predicted octanol–water partition coefficient (Wildman–Crippen LogP) is 3.58. The average Bonchev–Trinajstić information content (AvgIpc) is 1.94. The lowest BCUT2D eigenvalue weighted by molar-refractivity contribution is 0.536. The molecule has 72 valence electrons. The summed E-state index contributed by atoms with van der Waals surface area (Å²) in [7, 11) is -1.55. The van der Waals surface area contributed by atoms with Crippen molar-refractivity contribution in [3.8, 4) is 0 Å². The Bertz CT molecular complexity index is 167. The summed E-state index contributed by atoms with van der Waals surface area (Å²) < 4.78 is 11.7. The quantitative estimate of drug-likeness (QED) is 0.476. The van der Waals surface area contributed by atoms with Crippen molar-refractivity contribution in [2.45, 2.75) is 39.5 Å². The van der Waals surface area contributed by atoms with Crippen LogP contribution in [0.1, 0.15) is 39.5 Å². The van der Waals surface area contributed by atoms with Gasteiger partial charge in [-0.15, -0.1) is 0 Å². The Morgan fingerprint density at radius 3 is 2.33 bits per heavy atom. The van der Waals surface area contributed by atoms with E-state index in [1.807, 2.05) is 0 Å². The van der Waals surface area contributed by atoms with Crippen LogP contribution in [-0.2, 0) is 4.57 Å². The van der Waals surface area contributed by atoms with Crippen molar-refractivity contribution in [1.29, 1.82) is 0 Å². The van der Waals surface area contributed by atoms with Crippen LogP contribution in [0.4, 0.5) is 0 Å². The molecule has 0 unspecified atom stereocenters. The lowest BCUT2D eigenvalue weighted by Gasteiger charge is -2.26. The molecule has 0 N–H and O–H groups in total. The standard InChI is InChI=1S/C10H21OP/c1-10(2)6-3-4-7-12(11)8-5-9-12/h10H,3-9H2,1-2H3. The molecule has 0 spiro atoms. The van der Waals surface area contributed by atoms with Gasteiger partial charge in [0.1, 0.15) is 0 Å². The van der Waals surface area contributed by atoms with Crippen LogP contribution in [0, 0.1) is 5.92 Å². The molecule has 0 radical (unpaired) electrons. The highest BCUT2D eigenvalue weighted by atomic mass is 31.2. The Balaban J connectivity index is 1.99. The van der Waals surface area contributed by atoms with Crippen LogP contribution in [0.5, 0.6) is 0 Å². The highest BCUT2D eigenvalue weighted by Crippen LogP contribution is 2.55. The molecule has 0 saturated carbocycles. The summed E-state index contributed by atoms with van der Waals surface area (Å²) in [6.07, 6.45) is 8.15. The predicted molar refractivity (Wildman–Crippen MR) is 55.5 cm³/mol. The number of rotatable bonds is 5. The summed E-state index contributed by atoms with van der Waals surface area (Å²) in [5, 5.41) is 0. The maximum Gasteiger partial charge on any atom is 0.0877 e. The third-order valence-corrected chi connectivity index (χ3v) is 6.12. The summed E-state index contributed by atoms with van der Waals surface area (Å²) in [5.74, 6) is 0.812. The van der Waals surface area contributed by atoms with Gasteiger partial charge in [-0.1, -0.05) is 26.7 Å². The molecule has 0 amide bonds. The smallest absolute Gasteiger partial charge is 0.0877 e. The molecule has 1 aliphatic heterocycles. The van der Waals surface area contributed by atoms with E-state index in [4.69, 9.17) is 0 Å². The van der Waals surface area contributed by atoms with E-state index in [1.54, 1.807) is 0 Å². The van der Waals surface area contributed by atoms with Crippen molar-refractivity contribution in [2.24, 2.45) is 5.92 Å². The third-order valence-electron chi connectivity index (χ3n) is 2.73. The maximum atomic E-state index is 11.7. The van der Waals surface area contributed by atoms with Gasteiger partial charge in [-0.2, -0.15) is 0 Å². The van der Waals surface area contributed by atoms with Crippen molar-refractivity contribution in [3.05, 3.63) is 0 Å². The molecule has 1 saturated heterocycles. The Morgan fingerprint density at radius 2 is 1.92 bits per heavy atom. The zero-order valence-electron chi connectivity index (χ0n) is 8.38. The molecule has 1 nitrogen and oxygen atoms in total. The number of hydrogen-bond donors (Lipinski definition) is 0. The van der Waals surface area contributed by atoms with E-state index in [-0.39, 0.29) is 0 Å². The van der Waals surface area contributed by atoms with E-state index in [2.05, 4.69) is 13.8 Å². The molecule has 0 aliphatic carbocycles. The molecule has 0 bridgehead atoms. The van der Waals surface area contributed by atoms with Crippen LogP contribution in [-0.4, -0.2) is 18.5 Å². The van der Waals surface area contributed by atoms with Gasteiger partial charge in [0.25, 0.3) is 0 Å². The Kier molecular flexibility index (Phi) is 3.83. The summed E-state index contributed by atoms with van der Waals surface area (Å²) in [4.78, 5) is 0. The van der Waals surface area contributed by atoms with E-state index in [0.717, 1.165) is 24.4 Å². The first-order valence-corrected chi connectivity index (χ1v) is 7.46. The maximum absolute atomic E-state index is 11.7. The first-order valence-electron chi connectivity index (χ1n) is 5.19. The van der Waals surface area contributed by atoms with Gasteiger partial charge in [0.15, 0.2) is 0 Å². The van der Waals surface area contributed by atoms with E-state index < -0.39 is 7.14 Å². The molecular formula is C10H21OP. The Hall–Kier alpha value is 0.230. The summed E-state index contributed by atoms with van der Waals surface area (Å²) in [6.45, 7) is 4.51. The van der Waals surface area contributed by atoms with Crippen LogP contribution < -0.4 is 0 Å². The third kappa shape index (κ3) is 3.31.